The number of benzene rings is 1. The smallest absolute Gasteiger partial charge is 0.321 e. The lowest BCUT2D eigenvalue weighted by Gasteiger charge is -2.26. The van der Waals surface area contributed by atoms with E-state index in [-0.39, 0.29) is 41.1 Å². The molecule has 1 aromatic heterocycles. The topological polar surface area (TPSA) is 227 Å². The average molecular weight is 751 g/mol. The molecule has 1 aromatic carbocycles. The second kappa shape index (κ2) is 23.5. The third-order valence-corrected chi connectivity index (χ3v) is 9.37. The Labute approximate surface area is 324 Å². The summed E-state index contributed by atoms with van der Waals surface area (Å²) >= 11 is 0. The summed E-state index contributed by atoms with van der Waals surface area (Å²) in [5, 5.41) is 42.6. The highest BCUT2D eigenvalue weighted by atomic mass is 16.2. The number of hydrogen-bond donors (Lipinski definition) is 6. The zero-order valence-corrected chi connectivity index (χ0v) is 32.4. The number of carbonyl (C=O) groups excluding carboxylic acids is 2. The summed E-state index contributed by atoms with van der Waals surface area (Å²) in [6, 6.07) is 12.9. The molecule has 0 fully saturated rings. The van der Waals surface area contributed by atoms with Crippen molar-refractivity contribution < 1.29 is 9.59 Å². The molecule has 0 saturated carbocycles. The second-order valence-electron chi connectivity index (χ2n) is 13.2. The van der Waals surface area contributed by atoms with Crippen LogP contribution in [0.1, 0.15) is 103 Å². The molecule has 2 unspecified atom stereocenters. The quantitative estimate of drug-likeness (QED) is 0.0672. The van der Waals surface area contributed by atoms with E-state index in [4.69, 9.17) is 0 Å². The van der Waals surface area contributed by atoms with E-state index in [0.717, 1.165) is 62.8 Å². The molecule has 2 aromatic rings. The van der Waals surface area contributed by atoms with Gasteiger partial charge in [-0.05, 0) is 61.8 Å². The third kappa shape index (κ3) is 14.0. The Balaban J connectivity index is 1.63. The maximum absolute atomic E-state index is 12.9. The third-order valence-electron chi connectivity index (χ3n) is 9.37. The number of unbranched alkanes of at least 4 members (excludes halogenated alkanes) is 2. The van der Waals surface area contributed by atoms with E-state index < -0.39 is 6.03 Å². The summed E-state index contributed by atoms with van der Waals surface area (Å²) in [6.07, 6.45) is 10.7. The van der Waals surface area contributed by atoms with Gasteiger partial charge in [0, 0.05) is 49.5 Å². The summed E-state index contributed by atoms with van der Waals surface area (Å²) in [7, 11) is 0. The molecule has 1 aliphatic heterocycles. The van der Waals surface area contributed by atoms with E-state index in [1.807, 2.05) is 11.0 Å². The van der Waals surface area contributed by atoms with Gasteiger partial charge in [0.1, 0.15) is 23.8 Å². The second-order valence-corrected chi connectivity index (χ2v) is 13.2. The van der Waals surface area contributed by atoms with Crippen molar-refractivity contribution >= 4 is 35.2 Å². The molecule has 15 heteroatoms. The van der Waals surface area contributed by atoms with E-state index in [9.17, 15) is 30.2 Å². The number of amides is 4. The molecule has 0 spiro atoms. The van der Waals surface area contributed by atoms with Crippen LogP contribution in [0.5, 0.6) is 0 Å². The van der Waals surface area contributed by atoms with Crippen LogP contribution in [0.15, 0.2) is 57.5 Å². The molecule has 0 radical (unpaired) electrons. The fraction of sp³-hybridized carbons (Fsp3) is 0.500. The molecule has 292 valence electrons. The highest BCUT2D eigenvalue weighted by molar-refractivity contribution is 5.97. The number of H-pyrrole nitrogens is 1. The molecular weight excluding hydrogens is 697 g/mol. The van der Waals surface area contributed by atoms with Crippen molar-refractivity contribution in [2.75, 3.05) is 42.9 Å². The lowest BCUT2D eigenvalue weighted by molar-refractivity contribution is 0.244. The van der Waals surface area contributed by atoms with Gasteiger partial charge in [-0.1, -0.05) is 65.5 Å². The molecule has 2 heterocycles. The van der Waals surface area contributed by atoms with Crippen LogP contribution in [0, 0.1) is 39.9 Å². The average Bonchev–Trinajstić information content (AvgIpc) is 3.18. The van der Waals surface area contributed by atoms with Crippen LogP contribution in [0.4, 0.5) is 21.2 Å². The number of urea groups is 2. The van der Waals surface area contributed by atoms with Crippen LogP contribution in [-0.4, -0.2) is 60.7 Å². The fourth-order valence-electron chi connectivity index (χ4n) is 6.28. The van der Waals surface area contributed by atoms with Crippen molar-refractivity contribution in [3.05, 3.63) is 69.3 Å². The van der Waals surface area contributed by atoms with Gasteiger partial charge in [0.2, 0.25) is 11.9 Å². The molecule has 15 nitrogen and oxygen atoms in total. The molecule has 6 N–H and O–H groups in total. The van der Waals surface area contributed by atoms with Crippen LogP contribution in [-0.2, 0) is 0 Å². The first-order valence-corrected chi connectivity index (χ1v) is 19.2. The minimum atomic E-state index is -0.535. The Morgan fingerprint density at radius 3 is 2.15 bits per heavy atom. The number of nitriles is 3. The largest absolute Gasteiger partial charge is 0.370 e. The number of nitrogens with zero attached hydrogens (tertiary/aromatic N) is 6. The van der Waals surface area contributed by atoms with Gasteiger partial charge in [-0.3, -0.25) is 20.4 Å². The van der Waals surface area contributed by atoms with Gasteiger partial charge in [-0.25, -0.2) is 19.6 Å². The lowest BCUT2D eigenvalue weighted by atomic mass is 9.95. The molecule has 0 aliphatic carbocycles. The number of aromatic amines is 1. The Kier molecular flexibility index (Phi) is 18.5. The van der Waals surface area contributed by atoms with E-state index in [1.54, 1.807) is 36.4 Å². The van der Waals surface area contributed by atoms with Crippen LogP contribution in [0.2, 0.25) is 0 Å². The zero-order valence-electron chi connectivity index (χ0n) is 32.4. The molecule has 2 atom stereocenters. The maximum atomic E-state index is 12.9. The number of aromatic nitrogens is 2. The molecule has 3 rings (SSSR count). The predicted molar refractivity (Wildman–Crippen MR) is 215 cm³/mol. The van der Waals surface area contributed by atoms with Crippen molar-refractivity contribution in [1.82, 2.24) is 31.2 Å². The molecule has 0 saturated heterocycles. The lowest BCUT2D eigenvalue weighted by Crippen LogP contribution is -2.48. The van der Waals surface area contributed by atoms with Crippen molar-refractivity contribution in [3.63, 3.8) is 0 Å². The Hall–Kier alpha value is -6.14. The minimum Gasteiger partial charge on any atom is -0.370 e. The first-order valence-electron chi connectivity index (χ1n) is 19.2. The van der Waals surface area contributed by atoms with Gasteiger partial charge in [0.05, 0.1) is 17.8 Å². The summed E-state index contributed by atoms with van der Waals surface area (Å²) < 4.78 is 0. The first-order chi connectivity index (χ1) is 26.7. The Bertz CT molecular complexity index is 1850. The van der Waals surface area contributed by atoms with Crippen molar-refractivity contribution in [3.8, 4) is 18.2 Å². The monoisotopic (exact) mass is 750 g/mol. The predicted octanol–water partition coefficient (Wildman–Crippen LogP) is 6.15. The summed E-state index contributed by atoms with van der Waals surface area (Å²) in [5.74, 6) is 1.00. The van der Waals surface area contributed by atoms with Gasteiger partial charge in [-0.2, -0.15) is 15.8 Å². The number of allylic oxidation sites excluding steroid dienone is 3. The number of carbonyl (C=O) groups is 2. The maximum Gasteiger partial charge on any atom is 0.321 e. The van der Waals surface area contributed by atoms with E-state index in [1.165, 1.54) is 6.07 Å². The standard InChI is InChI=1S/C40H54N12O3/c1-5-9-12-28(7-3)34-18-20-44-37(47-34)50-39(54)45-19-11-22-52(32-16-14-30(15-17-32)33(27-43)31(25-41)26-42)23-21-46-40(55)51-38-48-35(24-36(53)49-38)29(8-4)13-10-6-2/h14-18,24,28-29H,5-13,19-23H2,1-4H3,(H3,44,45,47,50,54)(H3,46,48,49,51,53,55). The van der Waals surface area contributed by atoms with Gasteiger partial charge in [0.15, 0.2) is 0 Å². The van der Waals surface area contributed by atoms with Crippen molar-refractivity contribution in [1.29, 1.82) is 15.8 Å². The number of aliphatic imine (C=N–C) groups is 1. The van der Waals surface area contributed by atoms with E-state index >= 15 is 0 Å². The van der Waals surface area contributed by atoms with Gasteiger partial charge < -0.3 is 20.9 Å². The number of guanidine groups is 1. The van der Waals surface area contributed by atoms with Crippen molar-refractivity contribution in [2.45, 2.75) is 91.4 Å². The van der Waals surface area contributed by atoms with Crippen LogP contribution >= 0.6 is 0 Å². The number of nitrogens with one attached hydrogen (secondary N) is 6. The van der Waals surface area contributed by atoms with E-state index in [0.29, 0.717) is 55.7 Å². The number of anilines is 2. The van der Waals surface area contributed by atoms with Gasteiger partial charge in [0.25, 0.3) is 5.56 Å². The van der Waals surface area contributed by atoms with Gasteiger partial charge >= 0.3 is 12.1 Å². The Morgan fingerprint density at radius 2 is 1.51 bits per heavy atom. The normalized spacial score (nSPS) is 12.9. The van der Waals surface area contributed by atoms with Crippen molar-refractivity contribution in [2.24, 2.45) is 10.9 Å². The molecule has 0 bridgehead atoms. The zero-order chi connectivity index (χ0) is 40.0. The molecule has 1 aliphatic rings. The number of rotatable bonds is 20. The highest BCUT2D eigenvalue weighted by Crippen LogP contribution is 2.25. The molecule has 4 amide bonds. The minimum absolute atomic E-state index is 0.0196. The number of hydrogen-bond acceptors (Lipinski definition) is 10. The summed E-state index contributed by atoms with van der Waals surface area (Å²) in [4.78, 5) is 51.6. The molecule has 55 heavy (non-hydrogen) atoms. The van der Waals surface area contributed by atoms with Crippen LogP contribution in [0.3, 0.4) is 0 Å². The van der Waals surface area contributed by atoms with E-state index in [2.05, 4.69) is 75.3 Å². The van der Waals surface area contributed by atoms with Crippen LogP contribution in [0.25, 0.3) is 5.57 Å². The fourth-order valence-corrected chi connectivity index (χ4v) is 6.28. The van der Waals surface area contributed by atoms with Gasteiger partial charge in [-0.15, -0.1) is 0 Å². The highest BCUT2D eigenvalue weighted by Gasteiger charge is 2.18. The molecular formula is C40H54N12O3. The summed E-state index contributed by atoms with van der Waals surface area (Å²) in [6.45, 7) is 10.4. The van der Waals surface area contributed by atoms with Crippen LogP contribution < -0.4 is 37.0 Å². The first kappa shape index (κ1) is 43.3. The Morgan fingerprint density at radius 1 is 0.855 bits per heavy atom. The summed E-state index contributed by atoms with van der Waals surface area (Å²) in [5.41, 5.74) is 2.29. The SMILES string of the molecule is CCCCC(CC)C1=CCN=C(NC(=O)NCCCN(CCNC(=O)Nc2nc(C(CC)CCCC)cc(=O)[nH]2)c2ccc(C(C#N)=C(C#N)C#N)cc2)N1.